The maximum Gasteiger partial charge on any atom is 0.326 e. The van der Waals surface area contributed by atoms with E-state index >= 15 is 0 Å². The third-order valence-electron chi connectivity index (χ3n) is 2.44. The van der Waals surface area contributed by atoms with E-state index in [1.807, 2.05) is 13.0 Å². The number of urea groups is 1. The van der Waals surface area contributed by atoms with Crippen LogP contribution in [0.4, 0.5) is 10.5 Å². The van der Waals surface area contributed by atoms with Crippen molar-refractivity contribution in [2.24, 2.45) is 0 Å². The number of carbonyl (C=O) groups is 2. The Balaban J connectivity index is 2.64. The minimum atomic E-state index is -1.04. The Morgan fingerprint density at radius 1 is 1.44 bits per heavy atom. The number of rotatable bonds is 4. The van der Waals surface area contributed by atoms with Gasteiger partial charge in [0.05, 0.1) is 0 Å². The van der Waals surface area contributed by atoms with Crippen LogP contribution in [0.1, 0.15) is 18.9 Å². The lowest BCUT2D eigenvalue weighted by Crippen LogP contribution is -2.42. The van der Waals surface area contributed by atoms with Crippen LogP contribution in [0.3, 0.4) is 0 Å². The summed E-state index contributed by atoms with van der Waals surface area (Å²) in [7, 11) is 0. The molecule has 1 aromatic rings. The molecule has 18 heavy (non-hydrogen) atoms. The topological polar surface area (TPSA) is 78.4 Å². The van der Waals surface area contributed by atoms with Gasteiger partial charge in [0, 0.05) is 10.2 Å². The van der Waals surface area contributed by atoms with Crippen LogP contribution in [0.5, 0.6) is 0 Å². The molecule has 0 aromatic heterocycles. The molecule has 1 aromatic carbocycles. The fraction of sp³-hybridized carbons (Fsp3) is 0.333. The molecule has 0 aliphatic carbocycles. The fourth-order valence-corrected chi connectivity index (χ4v) is 1.71. The third kappa shape index (κ3) is 4.03. The highest BCUT2D eigenvalue weighted by atomic mass is 79.9. The van der Waals surface area contributed by atoms with E-state index in [-0.39, 0.29) is 0 Å². The van der Waals surface area contributed by atoms with Crippen molar-refractivity contribution in [1.29, 1.82) is 0 Å². The molecule has 0 saturated heterocycles. The summed E-state index contributed by atoms with van der Waals surface area (Å²) in [5, 5.41) is 13.8. The smallest absolute Gasteiger partial charge is 0.326 e. The summed E-state index contributed by atoms with van der Waals surface area (Å²) >= 11 is 3.36. The first-order chi connectivity index (χ1) is 8.43. The van der Waals surface area contributed by atoms with Crippen molar-refractivity contribution >= 4 is 33.6 Å². The van der Waals surface area contributed by atoms with Gasteiger partial charge in [0.1, 0.15) is 6.04 Å². The standard InChI is InChI=1S/C12H15BrN2O3/c1-3-10(11(16)17)15-12(18)14-8-5-4-7(2)9(13)6-8/h4-6,10H,3H2,1-2H3,(H,16,17)(H2,14,15,18). The lowest BCUT2D eigenvalue weighted by Gasteiger charge is -2.13. The molecule has 0 aliphatic heterocycles. The predicted octanol–water partition coefficient (Wildman–Crippen LogP) is 2.74. The molecule has 0 spiro atoms. The number of nitrogens with one attached hydrogen (secondary N) is 2. The number of hydrogen-bond donors (Lipinski definition) is 3. The van der Waals surface area contributed by atoms with Crippen LogP contribution >= 0.6 is 15.9 Å². The number of hydrogen-bond acceptors (Lipinski definition) is 2. The Bertz CT molecular complexity index is 463. The van der Waals surface area contributed by atoms with Gasteiger partial charge in [0.2, 0.25) is 0 Å². The molecule has 1 rings (SSSR count). The highest BCUT2D eigenvalue weighted by Crippen LogP contribution is 2.20. The van der Waals surface area contributed by atoms with Crippen LogP contribution in [0, 0.1) is 6.92 Å². The van der Waals surface area contributed by atoms with Crippen molar-refractivity contribution in [2.45, 2.75) is 26.3 Å². The molecule has 0 heterocycles. The third-order valence-corrected chi connectivity index (χ3v) is 3.30. The average Bonchev–Trinajstić information content (AvgIpc) is 2.30. The zero-order valence-corrected chi connectivity index (χ0v) is 11.7. The Hall–Kier alpha value is -1.56. The van der Waals surface area contributed by atoms with Gasteiger partial charge in [0.15, 0.2) is 0 Å². The van der Waals surface area contributed by atoms with Gasteiger partial charge in [0.25, 0.3) is 0 Å². The van der Waals surface area contributed by atoms with Crippen LogP contribution in [0.15, 0.2) is 22.7 Å². The summed E-state index contributed by atoms with van der Waals surface area (Å²) in [5.41, 5.74) is 1.66. The Labute approximate surface area is 114 Å². The van der Waals surface area contributed by atoms with Gasteiger partial charge in [-0.15, -0.1) is 0 Å². The molecule has 3 N–H and O–H groups in total. The molecule has 0 radical (unpaired) electrons. The number of carbonyl (C=O) groups excluding carboxylic acids is 1. The summed E-state index contributed by atoms with van der Waals surface area (Å²) in [4.78, 5) is 22.3. The number of amides is 2. The highest BCUT2D eigenvalue weighted by molar-refractivity contribution is 9.10. The highest BCUT2D eigenvalue weighted by Gasteiger charge is 2.17. The van der Waals surface area contributed by atoms with E-state index in [4.69, 9.17) is 5.11 Å². The second-order valence-corrected chi connectivity index (χ2v) is 4.72. The van der Waals surface area contributed by atoms with E-state index in [2.05, 4.69) is 26.6 Å². The number of aliphatic carboxylic acids is 1. The lowest BCUT2D eigenvalue weighted by atomic mass is 10.2. The maximum absolute atomic E-state index is 11.6. The van der Waals surface area contributed by atoms with Gasteiger partial charge in [-0.25, -0.2) is 9.59 Å². The van der Waals surface area contributed by atoms with E-state index in [1.165, 1.54) is 0 Å². The van der Waals surface area contributed by atoms with E-state index in [9.17, 15) is 9.59 Å². The number of aryl methyl sites for hydroxylation is 1. The van der Waals surface area contributed by atoms with E-state index < -0.39 is 18.0 Å². The molecular weight excluding hydrogens is 300 g/mol. The van der Waals surface area contributed by atoms with Crippen molar-refractivity contribution in [3.63, 3.8) is 0 Å². The molecule has 5 nitrogen and oxygen atoms in total. The van der Waals surface area contributed by atoms with Crippen LogP contribution in [0.2, 0.25) is 0 Å². The summed E-state index contributed by atoms with van der Waals surface area (Å²) in [5.74, 6) is -1.04. The summed E-state index contributed by atoms with van der Waals surface area (Å²) in [6.45, 7) is 3.63. The van der Waals surface area contributed by atoms with Crippen LogP contribution in [-0.2, 0) is 4.79 Å². The molecule has 0 bridgehead atoms. The van der Waals surface area contributed by atoms with Crippen LogP contribution < -0.4 is 10.6 Å². The zero-order valence-electron chi connectivity index (χ0n) is 10.2. The minimum Gasteiger partial charge on any atom is -0.480 e. The zero-order chi connectivity index (χ0) is 13.7. The van der Waals surface area contributed by atoms with Gasteiger partial charge < -0.3 is 15.7 Å². The molecule has 2 amide bonds. The Morgan fingerprint density at radius 2 is 2.11 bits per heavy atom. The van der Waals surface area contributed by atoms with E-state index in [0.717, 1.165) is 10.0 Å². The minimum absolute atomic E-state index is 0.334. The normalized spacial score (nSPS) is 11.7. The van der Waals surface area contributed by atoms with E-state index in [1.54, 1.807) is 19.1 Å². The summed E-state index contributed by atoms with van der Waals surface area (Å²) < 4.78 is 0.880. The largest absolute Gasteiger partial charge is 0.480 e. The Kier molecular flexibility index (Phi) is 5.15. The first kappa shape index (κ1) is 14.5. The SMILES string of the molecule is CCC(NC(=O)Nc1ccc(C)c(Br)c1)C(=O)O. The van der Waals surface area contributed by atoms with Crippen LogP contribution in [0.25, 0.3) is 0 Å². The van der Waals surface area contributed by atoms with Crippen molar-refractivity contribution in [2.75, 3.05) is 5.32 Å². The second-order valence-electron chi connectivity index (χ2n) is 3.86. The van der Waals surface area contributed by atoms with Gasteiger partial charge in [-0.1, -0.05) is 28.9 Å². The molecule has 0 aliphatic rings. The molecule has 98 valence electrons. The van der Waals surface area contributed by atoms with Crippen molar-refractivity contribution in [1.82, 2.24) is 5.32 Å². The monoisotopic (exact) mass is 314 g/mol. The molecule has 6 heteroatoms. The first-order valence-corrected chi connectivity index (χ1v) is 6.29. The van der Waals surface area contributed by atoms with Crippen molar-refractivity contribution in [3.8, 4) is 0 Å². The maximum atomic E-state index is 11.6. The lowest BCUT2D eigenvalue weighted by molar-refractivity contribution is -0.139. The van der Waals surface area contributed by atoms with Gasteiger partial charge >= 0.3 is 12.0 Å². The molecule has 1 unspecified atom stereocenters. The quantitative estimate of drug-likeness (QED) is 0.799. The fourth-order valence-electron chi connectivity index (χ4n) is 1.33. The summed E-state index contributed by atoms with van der Waals surface area (Å²) in [6.07, 6.45) is 0.334. The number of benzene rings is 1. The first-order valence-electron chi connectivity index (χ1n) is 5.50. The second kappa shape index (κ2) is 6.39. The number of carboxylic acids is 1. The van der Waals surface area contributed by atoms with Gasteiger partial charge in [-0.3, -0.25) is 0 Å². The number of anilines is 1. The van der Waals surface area contributed by atoms with Crippen molar-refractivity contribution in [3.05, 3.63) is 28.2 Å². The predicted molar refractivity (Wildman–Crippen MR) is 72.7 cm³/mol. The molecule has 0 saturated carbocycles. The molecule has 1 atom stereocenters. The molecular formula is C12H15BrN2O3. The van der Waals surface area contributed by atoms with E-state index in [0.29, 0.717) is 12.1 Å². The van der Waals surface area contributed by atoms with Crippen molar-refractivity contribution < 1.29 is 14.7 Å². The molecule has 0 fully saturated rings. The number of halogens is 1. The average molecular weight is 315 g/mol. The van der Waals surface area contributed by atoms with Gasteiger partial charge in [-0.05, 0) is 31.0 Å². The number of carboxylic acid groups (broad SMARTS) is 1. The van der Waals surface area contributed by atoms with Gasteiger partial charge in [-0.2, -0.15) is 0 Å². The summed E-state index contributed by atoms with van der Waals surface area (Å²) in [6, 6.07) is 3.96. The Morgan fingerprint density at radius 3 is 2.61 bits per heavy atom. The van der Waals surface area contributed by atoms with Crippen LogP contribution in [-0.4, -0.2) is 23.1 Å².